The zero-order chi connectivity index (χ0) is 25.6. The van der Waals surface area contributed by atoms with Gasteiger partial charge < -0.3 is 9.47 Å². The molecular weight excluding hydrogens is 496 g/mol. The SMILES string of the molecule is CC(C)(C)NS(=O)(=O)c1ccc(Cl)c(COC2(c3cnccc3-c3ccccc3OC3CC3)CC2)c1. The number of para-hydroxylation sites is 1. The molecule has 5 rings (SSSR count). The Morgan fingerprint density at radius 3 is 2.53 bits per heavy atom. The molecule has 2 aliphatic rings. The molecule has 2 aliphatic carbocycles. The molecule has 1 N–H and O–H groups in total. The minimum absolute atomic E-state index is 0.165. The second kappa shape index (κ2) is 9.45. The summed E-state index contributed by atoms with van der Waals surface area (Å²) in [5, 5.41) is 0.468. The number of nitrogens with one attached hydrogen (secondary N) is 1. The van der Waals surface area contributed by atoms with Crippen molar-refractivity contribution >= 4 is 21.6 Å². The Labute approximate surface area is 218 Å². The summed E-state index contributed by atoms with van der Waals surface area (Å²) in [5.41, 5.74) is 2.60. The van der Waals surface area contributed by atoms with E-state index in [1.807, 2.05) is 30.5 Å². The molecule has 6 nitrogen and oxygen atoms in total. The van der Waals surface area contributed by atoms with E-state index in [0.29, 0.717) is 16.7 Å². The van der Waals surface area contributed by atoms with E-state index in [4.69, 9.17) is 21.1 Å². The highest BCUT2D eigenvalue weighted by Crippen LogP contribution is 2.53. The standard InChI is InChI=1S/C28H31ClN2O4S/c1-27(2,3)31-36(32,33)21-10-11-25(29)19(16-21)18-34-28(13-14-28)24-17-30-15-12-22(24)23-6-4-5-7-26(23)35-20-8-9-20/h4-7,10-12,15-17,20,31H,8-9,13-14,18H2,1-3H3. The van der Waals surface area contributed by atoms with E-state index in [-0.39, 0.29) is 11.5 Å². The van der Waals surface area contributed by atoms with Crippen LogP contribution < -0.4 is 9.46 Å². The molecule has 3 aromatic rings. The summed E-state index contributed by atoms with van der Waals surface area (Å²) in [7, 11) is -3.69. The minimum Gasteiger partial charge on any atom is -0.490 e. The summed E-state index contributed by atoms with van der Waals surface area (Å²) in [6.45, 7) is 5.61. The molecule has 0 aliphatic heterocycles. The van der Waals surface area contributed by atoms with Gasteiger partial charge in [-0.25, -0.2) is 13.1 Å². The zero-order valence-corrected chi connectivity index (χ0v) is 22.3. The summed E-state index contributed by atoms with van der Waals surface area (Å²) in [6.07, 6.45) is 7.82. The second-order valence-corrected chi connectivity index (χ2v) is 12.7. The Morgan fingerprint density at radius 1 is 1.08 bits per heavy atom. The quantitative estimate of drug-likeness (QED) is 0.358. The molecule has 2 aromatic carbocycles. The first-order valence-corrected chi connectivity index (χ1v) is 14.1. The third kappa shape index (κ3) is 5.59. The number of aromatic nitrogens is 1. The maximum absolute atomic E-state index is 12.8. The fourth-order valence-corrected chi connectivity index (χ4v) is 5.90. The lowest BCUT2D eigenvalue weighted by atomic mass is 9.96. The number of rotatable bonds is 9. The molecule has 0 unspecified atom stereocenters. The van der Waals surface area contributed by atoms with Crippen LogP contribution in [0.2, 0.25) is 5.02 Å². The average molecular weight is 527 g/mol. The van der Waals surface area contributed by atoms with E-state index in [0.717, 1.165) is 48.1 Å². The van der Waals surface area contributed by atoms with Gasteiger partial charge in [-0.3, -0.25) is 4.98 Å². The highest BCUT2D eigenvalue weighted by molar-refractivity contribution is 7.89. The second-order valence-electron chi connectivity index (χ2n) is 10.6. The molecule has 190 valence electrons. The molecule has 36 heavy (non-hydrogen) atoms. The molecule has 0 spiro atoms. The van der Waals surface area contributed by atoms with Gasteiger partial charge in [0.25, 0.3) is 0 Å². The highest BCUT2D eigenvalue weighted by Gasteiger charge is 2.48. The first kappa shape index (κ1) is 25.2. The molecule has 1 heterocycles. The Hall–Kier alpha value is -2.45. The molecule has 0 saturated heterocycles. The molecular formula is C28H31ClN2O4S. The first-order chi connectivity index (χ1) is 17.1. The molecule has 0 atom stereocenters. The third-order valence-corrected chi connectivity index (χ3v) is 8.41. The number of hydrogen-bond donors (Lipinski definition) is 1. The van der Waals surface area contributed by atoms with Gasteiger partial charge >= 0.3 is 0 Å². The summed E-state index contributed by atoms with van der Waals surface area (Å²) in [4.78, 5) is 4.56. The fraction of sp³-hybridized carbons (Fsp3) is 0.393. The van der Waals surface area contributed by atoms with Crippen molar-refractivity contribution in [2.24, 2.45) is 0 Å². The first-order valence-electron chi connectivity index (χ1n) is 12.2. The number of benzene rings is 2. The Balaban J connectivity index is 1.41. The smallest absolute Gasteiger partial charge is 0.241 e. The van der Waals surface area contributed by atoms with Gasteiger partial charge in [0.2, 0.25) is 10.0 Å². The van der Waals surface area contributed by atoms with E-state index in [9.17, 15) is 8.42 Å². The Morgan fingerprint density at radius 2 is 1.83 bits per heavy atom. The molecule has 0 radical (unpaired) electrons. The normalized spacial score (nSPS) is 17.1. The zero-order valence-electron chi connectivity index (χ0n) is 20.8. The minimum atomic E-state index is -3.69. The van der Waals surface area contributed by atoms with Crippen molar-refractivity contribution in [2.75, 3.05) is 0 Å². The van der Waals surface area contributed by atoms with E-state index in [1.54, 1.807) is 39.1 Å². The van der Waals surface area contributed by atoms with E-state index in [1.165, 1.54) is 6.07 Å². The largest absolute Gasteiger partial charge is 0.490 e. The average Bonchev–Trinajstić information content (AvgIpc) is 3.74. The van der Waals surface area contributed by atoms with Gasteiger partial charge in [0.1, 0.15) is 5.75 Å². The van der Waals surface area contributed by atoms with Crippen LogP contribution in [-0.2, 0) is 27.0 Å². The Kier molecular flexibility index (Phi) is 6.62. The van der Waals surface area contributed by atoms with Crippen molar-refractivity contribution in [1.29, 1.82) is 0 Å². The summed E-state index contributed by atoms with van der Waals surface area (Å²) in [5.74, 6) is 0.871. The third-order valence-electron chi connectivity index (χ3n) is 6.28. The van der Waals surface area contributed by atoms with Gasteiger partial charge in [-0.2, -0.15) is 0 Å². The summed E-state index contributed by atoms with van der Waals surface area (Å²) >= 11 is 6.45. The van der Waals surface area contributed by atoms with E-state index < -0.39 is 21.2 Å². The van der Waals surface area contributed by atoms with Crippen LogP contribution in [0, 0.1) is 0 Å². The van der Waals surface area contributed by atoms with Crippen molar-refractivity contribution in [1.82, 2.24) is 9.71 Å². The summed E-state index contributed by atoms with van der Waals surface area (Å²) < 4.78 is 41.0. The van der Waals surface area contributed by atoms with Gasteiger partial charge in [0, 0.05) is 34.1 Å². The van der Waals surface area contributed by atoms with Crippen LogP contribution in [0.5, 0.6) is 5.75 Å². The van der Waals surface area contributed by atoms with E-state index >= 15 is 0 Å². The topological polar surface area (TPSA) is 77.5 Å². The summed E-state index contributed by atoms with van der Waals surface area (Å²) in [6, 6.07) is 14.8. The predicted molar refractivity (Wildman–Crippen MR) is 141 cm³/mol. The lowest BCUT2D eigenvalue weighted by Gasteiger charge is -2.22. The fourth-order valence-electron chi connectivity index (χ4n) is 4.26. The van der Waals surface area contributed by atoms with Gasteiger partial charge in [0.15, 0.2) is 0 Å². The van der Waals surface area contributed by atoms with Crippen molar-refractivity contribution < 1.29 is 17.9 Å². The van der Waals surface area contributed by atoms with Gasteiger partial charge in [0.05, 0.1) is 23.2 Å². The van der Waals surface area contributed by atoms with Crippen LogP contribution >= 0.6 is 11.6 Å². The Bertz CT molecular complexity index is 1380. The van der Waals surface area contributed by atoms with Crippen LogP contribution in [0.1, 0.15) is 57.6 Å². The van der Waals surface area contributed by atoms with Crippen LogP contribution in [-0.4, -0.2) is 25.0 Å². The lowest BCUT2D eigenvalue weighted by molar-refractivity contribution is 0.0173. The molecule has 2 saturated carbocycles. The number of hydrogen-bond acceptors (Lipinski definition) is 5. The number of halogens is 1. The molecule has 1 aromatic heterocycles. The molecule has 2 fully saturated rings. The van der Waals surface area contributed by atoms with Crippen molar-refractivity contribution in [3.05, 3.63) is 77.1 Å². The number of pyridine rings is 1. The maximum Gasteiger partial charge on any atom is 0.241 e. The molecule has 0 amide bonds. The number of nitrogens with zero attached hydrogens (tertiary/aromatic N) is 1. The van der Waals surface area contributed by atoms with Crippen LogP contribution in [0.3, 0.4) is 0 Å². The van der Waals surface area contributed by atoms with E-state index in [2.05, 4.69) is 15.8 Å². The van der Waals surface area contributed by atoms with Gasteiger partial charge in [-0.1, -0.05) is 29.8 Å². The maximum atomic E-state index is 12.8. The number of sulfonamides is 1. The van der Waals surface area contributed by atoms with Crippen molar-refractivity contribution in [3.8, 4) is 16.9 Å². The van der Waals surface area contributed by atoms with Crippen LogP contribution in [0.4, 0.5) is 0 Å². The number of ether oxygens (including phenoxy) is 2. The van der Waals surface area contributed by atoms with Crippen LogP contribution in [0.15, 0.2) is 65.8 Å². The van der Waals surface area contributed by atoms with Gasteiger partial charge in [-0.05, 0) is 87.9 Å². The predicted octanol–water partition coefficient (Wildman–Crippen LogP) is 6.23. The molecule has 0 bridgehead atoms. The van der Waals surface area contributed by atoms with Crippen molar-refractivity contribution in [2.45, 2.75) is 75.2 Å². The highest BCUT2D eigenvalue weighted by atomic mass is 35.5. The van der Waals surface area contributed by atoms with Crippen LogP contribution in [0.25, 0.3) is 11.1 Å². The van der Waals surface area contributed by atoms with Crippen molar-refractivity contribution in [3.63, 3.8) is 0 Å². The van der Waals surface area contributed by atoms with Gasteiger partial charge in [-0.15, -0.1) is 0 Å². The monoisotopic (exact) mass is 526 g/mol. The lowest BCUT2D eigenvalue weighted by Crippen LogP contribution is -2.40. The molecule has 8 heteroatoms.